The third-order valence-corrected chi connectivity index (χ3v) is 5.41. The van der Waals surface area contributed by atoms with Crippen LogP contribution >= 0.6 is 0 Å². The molecule has 5 heteroatoms. The molecule has 4 aromatic rings. The van der Waals surface area contributed by atoms with Gasteiger partial charge in [0.1, 0.15) is 12.4 Å². The average molecular weight is 426 g/mol. The van der Waals surface area contributed by atoms with Gasteiger partial charge >= 0.3 is 0 Å². The Morgan fingerprint density at radius 1 is 0.969 bits per heavy atom. The molecule has 0 saturated carbocycles. The highest BCUT2D eigenvalue weighted by Crippen LogP contribution is 2.21. The van der Waals surface area contributed by atoms with Gasteiger partial charge in [0, 0.05) is 11.8 Å². The molecule has 0 saturated heterocycles. The molecule has 1 amide bonds. The van der Waals surface area contributed by atoms with Gasteiger partial charge in [0.2, 0.25) is 0 Å². The number of carbonyl (C=O) groups is 1. The summed E-state index contributed by atoms with van der Waals surface area (Å²) >= 11 is 0. The van der Waals surface area contributed by atoms with Crippen molar-refractivity contribution in [3.8, 4) is 5.75 Å². The van der Waals surface area contributed by atoms with Crippen molar-refractivity contribution in [1.82, 2.24) is 9.78 Å². The first-order chi connectivity index (χ1) is 15.5. The summed E-state index contributed by atoms with van der Waals surface area (Å²) in [5.74, 6) is 0.690. The van der Waals surface area contributed by atoms with E-state index in [1.54, 1.807) is 12.3 Å². The zero-order chi connectivity index (χ0) is 22.5. The second-order valence-corrected chi connectivity index (χ2v) is 8.07. The first-order valence-electron chi connectivity index (χ1n) is 10.7. The van der Waals surface area contributed by atoms with Crippen molar-refractivity contribution < 1.29 is 9.53 Å². The summed E-state index contributed by atoms with van der Waals surface area (Å²) in [5, 5.41) is 7.31. The number of nitrogens with one attached hydrogen (secondary N) is 1. The van der Waals surface area contributed by atoms with Crippen molar-refractivity contribution in [1.29, 1.82) is 0 Å². The predicted octanol–water partition coefficient (Wildman–Crippen LogP) is 5.69. The van der Waals surface area contributed by atoms with Crippen LogP contribution in [0.2, 0.25) is 0 Å². The first kappa shape index (κ1) is 21.4. The van der Waals surface area contributed by atoms with E-state index >= 15 is 0 Å². The molecule has 0 aliphatic rings. The fourth-order valence-electron chi connectivity index (χ4n) is 3.51. The van der Waals surface area contributed by atoms with E-state index in [1.165, 1.54) is 11.1 Å². The van der Waals surface area contributed by atoms with Crippen LogP contribution in [0.15, 0.2) is 79.1 Å². The molecule has 0 atom stereocenters. The molecular weight excluding hydrogens is 398 g/mol. The number of nitrogens with zero attached hydrogens (tertiary/aromatic N) is 2. The summed E-state index contributed by atoms with van der Waals surface area (Å²) in [5.41, 5.74) is 6.85. The molecule has 1 N–H and O–H groups in total. The molecule has 0 fully saturated rings. The van der Waals surface area contributed by atoms with Crippen LogP contribution < -0.4 is 10.1 Å². The van der Waals surface area contributed by atoms with Crippen LogP contribution in [-0.2, 0) is 13.2 Å². The lowest BCUT2D eigenvalue weighted by molar-refractivity contribution is 0.102. The van der Waals surface area contributed by atoms with E-state index in [0.29, 0.717) is 24.4 Å². The molecule has 0 unspecified atom stereocenters. The van der Waals surface area contributed by atoms with Gasteiger partial charge < -0.3 is 10.1 Å². The Morgan fingerprint density at radius 3 is 2.66 bits per heavy atom. The van der Waals surface area contributed by atoms with Gasteiger partial charge in [0.25, 0.3) is 5.91 Å². The topological polar surface area (TPSA) is 56.1 Å². The Kier molecular flexibility index (Phi) is 6.36. The standard InChI is InChI=1S/C27H27N3O2/c1-19-11-12-21(3)26(13-19)32-18-22-8-6-10-23(14-22)27(31)29-25-15-28-30(17-25)16-24-9-5-4-7-20(24)2/h4-15,17H,16,18H2,1-3H3,(H,29,31). The Balaban J connectivity index is 1.39. The lowest BCUT2D eigenvalue weighted by atomic mass is 10.1. The lowest BCUT2D eigenvalue weighted by Crippen LogP contribution is -2.12. The van der Waals surface area contributed by atoms with Gasteiger partial charge in [-0.05, 0) is 66.8 Å². The lowest BCUT2D eigenvalue weighted by Gasteiger charge is -2.11. The highest BCUT2D eigenvalue weighted by Gasteiger charge is 2.10. The van der Waals surface area contributed by atoms with E-state index in [-0.39, 0.29) is 5.91 Å². The number of hydrogen-bond acceptors (Lipinski definition) is 3. The maximum Gasteiger partial charge on any atom is 0.255 e. The summed E-state index contributed by atoms with van der Waals surface area (Å²) in [6.45, 7) is 7.21. The van der Waals surface area contributed by atoms with E-state index in [0.717, 1.165) is 22.4 Å². The maximum absolute atomic E-state index is 12.8. The van der Waals surface area contributed by atoms with Crippen LogP contribution in [0.5, 0.6) is 5.75 Å². The van der Waals surface area contributed by atoms with Crippen LogP contribution in [-0.4, -0.2) is 15.7 Å². The van der Waals surface area contributed by atoms with E-state index in [2.05, 4.69) is 35.5 Å². The van der Waals surface area contributed by atoms with Crippen LogP contribution in [0.4, 0.5) is 5.69 Å². The van der Waals surface area contributed by atoms with Crippen LogP contribution in [0.1, 0.15) is 38.2 Å². The molecule has 0 aliphatic carbocycles. The Morgan fingerprint density at radius 2 is 1.81 bits per heavy atom. The summed E-state index contributed by atoms with van der Waals surface area (Å²) in [6, 6.07) is 21.8. The Labute approximate surface area is 188 Å². The van der Waals surface area contributed by atoms with E-state index in [1.807, 2.05) is 67.2 Å². The molecule has 0 bridgehead atoms. The summed E-state index contributed by atoms with van der Waals surface area (Å²) in [6.07, 6.45) is 3.52. The fourth-order valence-corrected chi connectivity index (χ4v) is 3.51. The largest absolute Gasteiger partial charge is 0.489 e. The van der Waals surface area contributed by atoms with Crippen molar-refractivity contribution in [3.63, 3.8) is 0 Å². The van der Waals surface area contributed by atoms with Gasteiger partial charge in [-0.3, -0.25) is 9.48 Å². The zero-order valence-electron chi connectivity index (χ0n) is 18.6. The zero-order valence-corrected chi connectivity index (χ0v) is 18.6. The summed E-state index contributed by atoms with van der Waals surface area (Å²) in [4.78, 5) is 12.8. The highest BCUT2D eigenvalue weighted by molar-refractivity contribution is 6.04. The Hall–Kier alpha value is -3.86. The maximum atomic E-state index is 12.8. The van der Waals surface area contributed by atoms with Gasteiger partial charge in [-0.2, -0.15) is 5.10 Å². The molecule has 0 aliphatic heterocycles. The van der Waals surface area contributed by atoms with E-state index in [4.69, 9.17) is 4.74 Å². The second-order valence-electron chi connectivity index (χ2n) is 8.07. The van der Waals surface area contributed by atoms with Crippen LogP contribution in [0, 0.1) is 20.8 Å². The van der Waals surface area contributed by atoms with Crippen LogP contribution in [0.3, 0.4) is 0 Å². The number of anilines is 1. The van der Waals surface area contributed by atoms with Crippen LogP contribution in [0.25, 0.3) is 0 Å². The minimum absolute atomic E-state index is 0.172. The number of aryl methyl sites for hydroxylation is 3. The number of carbonyl (C=O) groups excluding carboxylic acids is 1. The minimum atomic E-state index is -0.172. The molecule has 1 aromatic heterocycles. The molecule has 162 valence electrons. The summed E-state index contributed by atoms with van der Waals surface area (Å²) < 4.78 is 7.81. The van der Waals surface area contributed by atoms with Crippen molar-refractivity contribution in [2.45, 2.75) is 33.9 Å². The molecular formula is C27H27N3O2. The number of rotatable bonds is 7. The SMILES string of the molecule is Cc1ccc(C)c(OCc2cccc(C(=O)Nc3cnn(Cc4ccccc4C)c3)c2)c1. The fraction of sp³-hybridized carbons (Fsp3) is 0.185. The molecule has 5 nitrogen and oxygen atoms in total. The predicted molar refractivity (Wildman–Crippen MR) is 127 cm³/mol. The smallest absolute Gasteiger partial charge is 0.255 e. The third kappa shape index (κ3) is 5.24. The molecule has 4 rings (SSSR count). The van der Waals surface area contributed by atoms with Crippen molar-refractivity contribution in [2.24, 2.45) is 0 Å². The van der Waals surface area contributed by atoms with Crippen molar-refractivity contribution in [2.75, 3.05) is 5.32 Å². The summed E-state index contributed by atoms with van der Waals surface area (Å²) in [7, 11) is 0. The average Bonchev–Trinajstić information content (AvgIpc) is 3.23. The number of amides is 1. The normalized spacial score (nSPS) is 10.7. The van der Waals surface area contributed by atoms with Gasteiger partial charge in [0.15, 0.2) is 0 Å². The first-order valence-corrected chi connectivity index (χ1v) is 10.7. The van der Waals surface area contributed by atoms with Gasteiger partial charge in [-0.25, -0.2) is 0 Å². The van der Waals surface area contributed by atoms with E-state index < -0.39 is 0 Å². The van der Waals surface area contributed by atoms with Gasteiger partial charge in [0.05, 0.1) is 18.4 Å². The number of aromatic nitrogens is 2. The number of hydrogen-bond donors (Lipinski definition) is 1. The monoisotopic (exact) mass is 425 g/mol. The molecule has 0 spiro atoms. The molecule has 0 radical (unpaired) electrons. The number of benzene rings is 3. The molecule has 32 heavy (non-hydrogen) atoms. The quantitative estimate of drug-likeness (QED) is 0.414. The third-order valence-electron chi connectivity index (χ3n) is 5.41. The minimum Gasteiger partial charge on any atom is -0.489 e. The van der Waals surface area contributed by atoms with E-state index in [9.17, 15) is 4.79 Å². The highest BCUT2D eigenvalue weighted by atomic mass is 16.5. The Bertz CT molecular complexity index is 1240. The van der Waals surface area contributed by atoms with Crippen molar-refractivity contribution >= 4 is 11.6 Å². The van der Waals surface area contributed by atoms with Crippen molar-refractivity contribution in [3.05, 3.63) is 113 Å². The molecule has 3 aromatic carbocycles. The molecule has 1 heterocycles. The van der Waals surface area contributed by atoms with Gasteiger partial charge in [-0.1, -0.05) is 48.5 Å². The number of ether oxygens (including phenoxy) is 1. The second kappa shape index (κ2) is 9.52. The van der Waals surface area contributed by atoms with Gasteiger partial charge in [-0.15, -0.1) is 0 Å².